The van der Waals surface area contributed by atoms with Crippen molar-refractivity contribution in [3.63, 3.8) is 0 Å². The van der Waals surface area contributed by atoms with Crippen LogP contribution in [0.2, 0.25) is 0 Å². The average Bonchev–Trinajstić information content (AvgIpc) is 2.19. The summed E-state index contributed by atoms with van der Waals surface area (Å²) in [5.74, 6) is 0.340. The fraction of sp³-hybridized carbons (Fsp3) is 0.867. The summed E-state index contributed by atoms with van der Waals surface area (Å²) in [4.78, 5) is 26.0. The summed E-state index contributed by atoms with van der Waals surface area (Å²) in [7, 11) is 0. The van der Waals surface area contributed by atoms with Crippen molar-refractivity contribution in [2.45, 2.75) is 54.5 Å². The van der Waals surface area contributed by atoms with Crippen LogP contribution in [0.5, 0.6) is 0 Å². The van der Waals surface area contributed by atoms with Crippen LogP contribution in [0.15, 0.2) is 0 Å². The smallest absolute Gasteiger partial charge is 0.246 e. The Morgan fingerprint density at radius 2 is 1.74 bits per heavy atom. The molecule has 0 spiro atoms. The van der Waals surface area contributed by atoms with Crippen LogP contribution < -0.4 is 5.32 Å². The Kier molecular flexibility index (Phi) is 4.33. The van der Waals surface area contributed by atoms with E-state index in [2.05, 4.69) is 33.0 Å². The fourth-order valence-corrected chi connectivity index (χ4v) is 2.05. The van der Waals surface area contributed by atoms with Crippen LogP contribution >= 0.6 is 0 Å². The van der Waals surface area contributed by atoms with Crippen LogP contribution in [0.25, 0.3) is 0 Å². The van der Waals surface area contributed by atoms with Gasteiger partial charge in [-0.2, -0.15) is 0 Å². The molecule has 0 aromatic heterocycles. The first kappa shape index (κ1) is 16.0. The van der Waals surface area contributed by atoms with E-state index in [0.29, 0.717) is 12.5 Å². The van der Waals surface area contributed by atoms with Gasteiger partial charge in [-0.3, -0.25) is 9.59 Å². The molecule has 1 aliphatic heterocycles. The molecule has 0 bridgehead atoms. The predicted octanol–water partition coefficient (Wildman–Crippen LogP) is 2.04. The molecule has 4 nitrogen and oxygen atoms in total. The van der Waals surface area contributed by atoms with Crippen molar-refractivity contribution in [2.24, 2.45) is 16.7 Å². The van der Waals surface area contributed by atoms with Crippen molar-refractivity contribution in [2.75, 3.05) is 13.1 Å². The summed E-state index contributed by atoms with van der Waals surface area (Å²) in [6.45, 7) is 15.4. The van der Waals surface area contributed by atoms with E-state index in [0.717, 1.165) is 0 Å². The second kappa shape index (κ2) is 5.14. The SMILES string of the molecule is CC(CN1CC(=O)NC(C(C)(C)C)C1=O)C(C)(C)C. The highest BCUT2D eigenvalue weighted by molar-refractivity contribution is 5.95. The van der Waals surface area contributed by atoms with Crippen molar-refractivity contribution < 1.29 is 9.59 Å². The number of nitrogens with one attached hydrogen (secondary N) is 1. The average molecular weight is 268 g/mol. The first-order valence-corrected chi connectivity index (χ1v) is 7.01. The van der Waals surface area contributed by atoms with Gasteiger partial charge in [0.1, 0.15) is 6.04 Å². The van der Waals surface area contributed by atoms with E-state index in [1.54, 1.807) is 4.90 Å². The first-order chi connectivity index (χ1) is 8.43. The molecule has 0 aromatic rings. The number of piperazine rings is 1. The lowest BCUT2D eigenvalue weighted by Gasteiger charge is -2.41. The second-order valence-corrected chi connectivity index (χ2v) is 7.85. The minimum atomic E-state index is -0.416. The zero-order chi connectivity index (χ0) is 15.0. The summed E-state index contributed by atoms with van der Waals surface area (Å²) in [5, 5.41) is 2.82. The molecule has 1 saturated heterocycles. The largest absolute Gasteiger partial charge is 0.342 e. The lowest BCUT2D eigenvalue weighted by Crippen LogP contribution is -2.63. The normalized spacial score (nSPS) is 23.3. The number of hydrogen-bond donors (Lipinski definition) is 1. The topological polar surface area (TPSA) is 49.4 Å². The molecule has 1 aliphatic rings. The molecule has 2 amide bonds. The molecule has 2 unspecified atom stereocenters. The van der Waals surface area contributed by atoms with Crippen molar-refractivity contribution >= 4 is 11.8 Å². The van der Waals surface area contributed by atoms with Gasteiger partial charge in [0, 0.05) is 6.54 Å². The van der Waals surface area contributed by atoms with Crippen molar-refractivity contribution in [1.29, 1.82) is 0 Å². The Labute approximate surface area is 116 Å². The van der Waals surface area contributed by atoms with E-state index in [4.69, 9.17) is 0 Å². The lowest BCUT2D eigenvalue weighted by molar-refractivity contribution is -0.148. The van der Waals surface area contributed by atoms with Crippen LogP contribution in [0, 0.1) is 16.7 Å². The van der Waals surface area contributed by atoms with Crippen LogP contribution in [-0.4, -0.2) is 35.8 Å². The minimum absolute atomic E-state index is 0.0446. The maximum atomic E-state index is 12.5. The summed E-state index contributed by atoms with van der Waals surface area (Å²) in [5.41, 5.74) is -0.123. The number of rotatable bonds is 2. The highest BCUT2D eigenvalue weighted by Crippen LogP contribution is 2.28. The van der Waals surface area contributed by atoms with Gasteiger partial charge in [-0.15, -0.1) is 0 Å². The van der Waals surface area contributed by atoms with Gasteiger partial charge >= 0.3 is 0 Å². The summed E-state index contributed by atoms with van der Waals surface area (Å²) >= 11 is 0. The quantitative estimate of drug-likeness (QED) is 0.833. The van der Waals surface area contributed by atoms with E-state index in [1.165, 1.54) is 0 Å². The number of amides is 2. The maximum absolute atomic E-state index is 12.5. The monoisotopic (exact) mass is 268 g/mol. The summed E-state index contributed by atoms with van der Waals surface area (Å²) < 4.78 is 0. The van der Waals surface area contributed by atoms with Gasteiger partial charge in [0.25, 0.3) is 0 Å². The fourth-order valence-electron chi connectivity index (χ4n) is 2.05. The molecule has 0 aromatic carbocycles. The first-order valence-electron chi connectivity index (χ1n) is 7.01. The molecular weight excluding hydrogens is 240 g/mol. The van der Waals surface area contributed by atoms with Crippen LogP contribution in [0.3, 0.4) is 0 Å². The Hall–Kier alpha value is -1.06. The molecular formula is C15H28N2O2. The Bertz CT molecular complexity index is 363. The molecule has 1 heterocycles. The molecule has 0 aliphatic carbocycles. The third-order valence-electron chi connectivity index (χ3n) is 4.04. The van der Waals surface area contributed by atoms with Crippen molar-refractivity contribution in [1.82, 2.24) is 10.2 Å². The molecule has 0 saturated carbocycles. The second-order valence-electron chi connectivity index (χ2n) is 7.85. The number of nitrogens with zero attached hydrogens (tertiary/aromatic N) is 1. The summed E-state index contributed by atoms with van der Waals surface area (Å²) in [6.07, 6.45) is 0. The number of carbonyl (C=O) groups excluding carboxylic acids is 2. The molecule has 1 fully saturated rings. The molecule has 4 heteroatoms. The lowest BCUT2D eigenvalue weighted by atomic mass is 9.80. The third kappa shape index (κ3) is 3.95. The van der Waals surface area contributed by atoms with E-state index in [-0.39, 0.29) is 29.2 Å². The molecule has 1 rings (SSSR count). The third-order valence-corrected chi connectivity index (χ3v) is 4.04. The Balaban J connectivity index is 2.84. The molecule has 19 heavy (non-hydrogen) atoms. The van der Waals surface area contributed by atoms with Gasteiger partial charge in [0.2, 0.25) is 11.8 Å². The number of carbonyl (C=O) groups is 2. The number of hydrogen-bond acceptors (Lipinski definition) is 2. The molecule has 1 N–H and O–H groups in total. The zero-order valence-corrected chi connectivity index (χ0v) is 13.3. The molecule has 2 atom stereocenters. The maximum Gasteiger partial charge on any atom is 0.246 e. The van der Waals surface area contributed by atoms with Crippen molar-refractivity contribution in [3.05, 3.63) is 0 Å². The van der Waals surface area contributed by atoms with Crippen LogP contribution in [0.1, 0.15) is 48.5 Å². The van der Waals surface area contributed by atoms with Gasteiger partial charge in [-0.25, -0.2) is 0 Å². The van der Waals surface area contributed by atoms with Gasteiger partial charge in [0.05, 0.1) is 6.54 Å². The Morgan fingerprint density at radius 1 is 1.21 bits per heavy atom. The van der Waals surface area contributed by atoms with Gasteiger partial charge in [-0.05, 0) is 16.7 Å². The predicted molar refractivity (Wildman–Crippen MR) is 76.6 cm³/mol. The Morgan fingerprint density at radius 3 is 2.16 bits per heavy atom. The molecule has 110 valence electrons. The minimum Gasteiger partial charge on any atom is -0.342 e. The summed E-state index contributed by atoms with van der Waals surface area (Å²) in [6, 6.07) is -0.416. The standard InChI is InChI=1S/C15H28N2O2/c1-10(14(2,3)4)8-17-9-11(18)16-12(13(17)19)15(5,6)7/h10,12H,8-9H2,1-7H3,(H,16,18). The van der Waals surface area contributed by atoms with E-state index in [9.17, 15) is 9.59 Å². The van der Waals surface area contributed by atoms with Gasteiger partial charge < -0.3 is 10.2 Å². The van der Waals surface area contributed by atoms with E-state index in [1.807, 2.05) is 20.8 Å². The van der Waals surface area contributed by atoms with E-state index < -0.39 is 6.04 Å². The van der Waals surface area contributed by atoms with Crippen molar-refractivity contribution in [3.8, 4) is 0 Å². The highest BCUT2D eigenvalue weighted by atomic mass is 16.2. The van der Waals surface area contributed by atoms with Crippen LogP contribution in [-0.2, 0) is 9.59 Å². The highest BCUT2D eigenvalue weighted by Gasteiger charge is 2.40. The van der Waals surface area contributed by atoms with Crippen LogP contribution in [0.4, 0.5) is 0 Å². The van der Waals surface area contributed by atoms with Gasteiger partial charge in [-0.1, -0.05) is 48.5 Å². The van der Waals surface area contributed by atoms with E-state index >= 15 is 0 Å². The zero-order valence-electron chi connectivity index (χ0n) is 13.3. The molecule has 0 radical (unpaired) electrons. The van der Waals surface area contributed by atoms with Gasteiger partial charge in [0.15, 0.2) is 0 Å².